The van der Waals surface area contributed by atoms with Gasteiger partial charge in [-0.1, -0.05) is 15.9 Å². The van der Waals surface area contributed by atoms with Crippen LogP contribution in [0.1, 0.15) is 11.4 Å². The van der Waals surface area contributed by atoms with Crippen LogP contribution in [0.25, 0.3) is 5.69 Å². The first-order valence-corrected chi connectivity index (χ1v) is 5.69. The Labute approximate surface area is 95.9 Å². The molecule has 0 saturated heterocycles. The van der Waals surface area contributed by atoms with Crippen molar-refractivity contribution in [2.45, 2.75) is 12.3 Å². The average molecular weight is 269 g/mol. The SMILES string of the molecule is Cc1nccn1-c1ccc(F)cc1CBr. The molecule has 0 bridgehead atoms. The summed E-state index contributed by atoms with van der Waals surface area (Å²) in [5.74, 6) is 0.676. The van der Waals surface area contributed by atoms with Crippen LogP contribution in [0.15, 0.2) is 30.6 Å². The van der Waals surface area contributed by atoms with Gasteiger partial charge in [0.1, 0.15) is 11.6 Å². The quantitative estimate of drug-likeness (QED) is 0.765. The van der Waals surface area contributed by atoms with Gasteiger partial charge in [-0.05, 0) is 30.7 Å². The lowest BCUT2D eigenvalue weighted by molar-refractivity contribution is 0.626. The molecule has 2 rings (SSSR count). The summed E-state index contributed by atoms with van der Waals surface area (Å²) >= 11 is 3.35. The van der Waals surface area contributed by atoms with E-state index in [1.807, 2.05) is 17.7 Å². The molecule has 1 aromatic heterocycles. The Balaban J connectivity index is 2.58. The van der Waals surface area contributed by atoms with Crippen molar-refractivity contribution in [3.8, 4) is 5.69 Å². The fourth-order valence-corrected chi connectivity index (χ4v) is 1.98. The van der Waals surface area contributed by atoms with Gasteiger partial charge in [-0.15, -0.1) is 0 Å². The fourth-order valence-electron chi connectivity index (χ4n) is 1.53. The number of imidazole rings is 1. The molecule has 2 aromatic rings. The van der Waals surface area contributed by atoms with Crippen molar-refractivity contribution in [2.75, 3.05) is 0 Å². The molecule has 0 N–H and O–H groups in total. The second-order valence-corrected chi connectivity index (χ2v) is 3.81. The number of halogens is 2. The minimum atomic E-state index is -0.217. The summed E-state index contributed by atoms with van der Waals surface area (Å²) in [6.07, 6.45) is 3.60. The number of nitrogens with zero attached hydrogens (tertiary/aromatic N) is 2. The topological polar surface area (TPSA) is 17.8 Å². The highest BCUT2D eigenvalue weighted by atomic mass is 79.9. The van der Waals surface area contributed by atoms with E-state index in [1.54, 1.807) is 12.3 Å². The van der Waals surface area contributed by atoms with E-state index in [4.69, 9.17) is 0 Å². The Bertz CT molecular complexity index is 479. The highest BCUT2D eigenvalue weighted by Crippen LogP contribution is 2.19. The van der Waals surface area contributed by atoms with Crippen LogP contribution >= 0.6 is 15.9 Å². The highest BCUT2D eigenvalue weighted by molar-refractivity contribution is 9.08. The van der Waals surface area contributed by atoms with Crippen molar-refractivity contribution < 1.29 is 4.39 Å². The summed E-state index contributed by atoms with van der Waals surface area (Å²) < 4.78 is 15.0. The van der Waals surface area contributed by atoms with Crippen LogP contribution in [0.5, 0.6) is 0 Å². The van der Waals surface area contributed by atoms with Crippen LogP contribution in [-0.4, -0.2) is 9.55 Å². The van der Waals surface area contributed by atoms with Crippen LogP contribution < -0.4 is 0 Å². The van der Waals surface area contributed by atoms with E-state index in [0.29, 0.717) is 5.33 Å². The smallest absolute Gasteiger partial charge is 0.123 e. The summed E-state index contributed by atoms with van der Waals surface area (Å²) in [5, 5.41) is 0.623. The Morgan fingerprint density at radius 3 is 2.87 bits per heavy atom. The average Bonchev–Trinajstić information content (AvgIpc) is 2.64. The summed E-state index contributed by atoms with van der Waals surface area (Å²) in [6.45, 7) is 1.92. The molecule has 4 heteroatoms. The van der Waals surface area contributed by atoms with Gasteiger partial charge >= 0.3 is 0 Å². The summed E-state index contributed by atoms with van der Waals surface area (Å²) in [4.78, 5) is 4.14. The molecule has 0 aliphatic carbocycles. The zero-order valence-electron chi connectivity index (χ0n) is 8.24. The Hall–Kier alpha value is -1.16. The van der Waals surface area contributed by atoms with E-state index in [1.165, 1.54) is 12.1 Å². The molecule has 0 spiro atoms. The van der Waals surface area contributed by atoms with E-state index < -0.39 is 0 Å². The largest absolute Gasteiger partial charge is 0.304 e. The van der Waals surface area contributed by atoms with Gasteiger partial charge in [-0.25, -0.2) is 9.37 Å². The summed E-state index contributed by atoms with van der Waals surface area (Å²) in [6, 6.07) is 4.76. The Morgan fingerprint density at radius 1 is 1.47 bits per heavy atom. The van der Waals surface area contributed by atoms with Crippen molar-refractivity contribution in [3.05, 3.63) is 47.8 Å². The van der Waals surface area contributed by atoms with E-state index in [0.717, 1.165) is 17.1 Å². The molecular formula is C11H10BrFN2. The highest BCUT2D eigenvalue weighted by Gasteiger charge is 2.06. The second-order valence-electron chi connectivity index (χ2n) is 3.25. The molecule has 0 radical (unpaired) electrons. The molecule has 15 heavy (non-hydrogen) atoms. The standard InChI is InChI=1S/C11H10BrFN2/c1-8-14-4-5-15(8)11-3-2-10(13)6-9(11)7-12/h2-6H,7H2,1H3. The molecule has 0 aliphatic rings. The van der Waals surface area contributed by atoms with Crippen LogP contribution in [0.3, 0.4) is 0 Å². The molecule has 0 unspecified atom stereocenters. The van der Waals surface area contributed by atoms with Crippen LogP contribution in [0, 0.1) is 12.7 Å². The normalized spacial score (nSPS) is 10.6. The predicted octanol–water partition coefficient (Wildman–Crippen LogP) is 3.21. The molecule has 0 amide bonds. The minimum absolute atomic E-state index is 0.217. The van der Waals surface area contributed by atoms with Gasteiger partial charge in [0, 0.05) is 17.7 Å². The number of alkyl halides is 1. The molecule has 1 aromatic carbocycles. The summed E-state index contributed by atoms with van der Waals surface area (Å²) in [5.41, 5.74) is 1.87. The van der Waals surface area contributed by atoms with Gasteiger partial charge in [0.25, 0.3) is 0 Å². The number of aryl methyl sites for hydroxylation is 1. The Morgan fingerprint density at radius 2 is 2.27 bits per heavy atom. The molecule has 0 saturated carbocycles. The van der Waals surface area contributed by atoms with Crippen molar-refractivity contribution in [3.63, 3.8) is 0 Å². The number of rotatable bonds is 2. The molecule has 0 fully saturated rings. The first-order valence-electron chi connectivity index (χ1n) is 4.57. The first-order chi connectivity index (χ1) is 7.22. The lowest BCUT2D eigenvalue weighted by Crippen LogP contribution is -2.00. The zero-order valence-corrected chi connectivity index (χ0v) is 9.83. The van der Waals surface area contributed by atoms with Crippen LogP contribution in [0.4, 0.5) is 4.39 Å². The van der Waals surface area contributed by atoms with Crippen LogP contribution in [-0.2, 0) is 5.33 Å². The van der Waals surface area contributed by atoms with Crippen molar-refractivity contribution >= 4 is 15.9 Å². The van der Waals surface area contributed by atoms with E-state index in [2.05, 4.69) is 20.9 Å². The maximum atomic E-state index is 13.0. The van der Waals surface area contributed by atoms with Crippen LogP contribution in [0.2, 0.25) is 0 Å². The summed E-state index contributed by atoms with van der Waals surface area (Å²) in [7, 11) is 0. The Kier molecular flexibility index (Phi) is 2.86. The van der Waals surface area contributed by atoms with Gasteiger partial charge in [0.2, 0.25) is 0 Å². The third kappa shape index (κ3) is 1.95. The lowest BCUT2D eigenvalue weighted by atomic mass is 10.2. The molecule has 1 heterocycles. The van der Waals surface area contributed by atoms with E-state index >= 15 is 0 Å². The monoisotopic (exact) mass is 268 g/mol. The van der Waals surface area contributed by atoms with E-state index in [9.17, 15) is 4.39 Å². The molecular weight excluding hydrogens is 259 g/mol. The van der Waals surface area contributed by atoms with Crippen molar-refractivity contribution in [1.82, 2.24) is 9.55 Å². The second kappa shape index (κ2) is 4.14. The number of benzene rings is 1. The van der Waals surface area contributed by atoms with Crippen molar-refractivity contribution in [2.24, 2.45) is 0 Å². The molecule has 2 nitrogen and oxygen atoms in total. The minimum Gasteiger partial charge on any atom is -0.304 e. The van der Waals surface area contributed by atoms with E-state index in [-0.39, 0.29) is 5.82 Å². The molecule has 0 atom stereocenters. The lowest BCUT2D eigenvalue weighted by Gasteiger charge is -2.09. The van der Waals surface area contributed by atoms with Gasteiger partial charge < -0.3 is 4.57 Å². The maximum absolute atomic E-state index is 13.0. The predicted molar refractivity (Wildman–Crippen MR) is 60.9 cm³/mol. The number of hydrogen-bond acceptors (Lipinski definition) is 1. The number of aromatic nitrogens is 2. The molecule has 0 aliphatic heterocycles. The van der Waals surface area contributed by atoms with Gasteiger partial charge in [0.15, 0.2) is 0 Å². The third-order valence-corrected chi connectivity index (χ3v) is 2.87. The first kappa shape index (κ1) is 10.4. The third-order valence-electron chi connectivity index (χ3n) is 2.27. The fraction of sp³-hybridized carbons (Fsp3) is 0.182. The molecule has 78 valence electrons. The van der Waals surface area contributed by atoms with Crippen molar-refractivity contribution in [1.29, 1.82) is 0 Å². The zero-order chi connectivity index (χ0) is 10.8. The van der Waals surface area contributed by atoms with Gasteiger partial charge in [-0.2, -0.15) is 0 Å². The maximum Gasteiger partial charge on any atom is 0.123 e. The number of hydrogen-bond donors (Lipinski definition) is 0. The van der Waals surface area contributed by atoms with Gasteiger partial charge in [0.05, 0.1) is 5.69 Å². The van der Waals surface area contributed by atoms with Gasteiger partial charge in [-0.3, -0.25) is 0 Å².